The number of amides is 1. The van der Waals surface area contributed by atoms with Gasteiger partial charge in [0.05, 0.1) is 5.69 Å². The summed E-state index contributed by atoms with van der Waals surface area (Å²) in [7, 11) is 0. The fraction of sp³-hybridized carbons (Fsp3) is 0.154. The van der Waals surface area contributed by atoms with Gasteiger partial charge in [0.15, 0.2) is 6.61 Å². The molecule has 2 rings (SSSR count). The van der Waals surface area contributed by atoms with Crippen molar-refractivity contribution in [3.63, 3.8) is 0 Å². The molecular weight excluding hydrogens is 300 g/mol. The number of carbonyl (C=O) groups is 2. The van der Waals surface area contributed by atoms with Crippen LogP contribution in [0.15, 0.2) is 28.8 Å². The number of hydrogen-bond acceptors (Lipinski definition) is 5. The molecule has 7 nitrogen and oxygen atoms in total. The van der Waals surface area contributed by atoms with Crippen molar-refractivity contribution >= 4 is 29.4 Å². The lowest BCUT2D eigenvalue weighted by Gasteiger charge is -2.08. The maximum absolute atomic E-state index is 11.7. The predicted molar refractivity (Wildman–Crippen MR) is 73.8 cm³/mol. The maximum Gasteiger partial charge on any atom is 0.339 e. The van der Waals surface area contributed by atoms with Crippen LogP contribution >= 0.6 is 11.6 Å². The molecule has 8 heteroatoms. The molecule has 1 amide bonds. The highest BCUT2D eigenvalue weighted by Gasteiger charge is 2.14. The first-order chi connectivity index (χ1) is 9.95. The van der Waals surface area contributed by atoms with Crippen LogP contribution in [-0.4, -0.2) is 28.7 Å². The first kappa shape index (κ1) is 14.9. The second-order valence-electron chi connectivity index (χ2n) is 4.12. The summed E-state index contributed by atoms with van der Waals surface area (Å²) in [6, 6.07) is 5.60. The Kier molecular flexibility index (Phi) is 4.44. The van der Waals surface area contributed by atoms with E-state index in [1.54, 1.807) is 13.0 Å². The number of nitrogens with one attached hydrogen (secondary N) is 1. The molecule has 0 spiro atoms. The van der Waals surface area contributed by atoms with Crippen molar-refractivity contribution < 1.29 is 24.0 Å². The first-order valence-electron chi connectivity index (χ1n) is 5.84. The second kappa shape index (κ2) is 6.27. The minimum absolute atomic E-state index is 0.0129. The first-order valence-corrected chi connectivity index (χ1v) is 6.22. The summed E-state index contributed by atoms with van der Waals surface area (Å²) in [5, 5.41) is 15.4. The topological polar surface area (TPSA) is 102 Å². The number of aryl methyl sites for hydroxylation is 1. The Balaban J connectivity index is 2.00. The molecular formula is C13H11ClN2O5. The second-order valence-corrected chi connectivity index (χ2v) is 4.55. The Morgan fingerprint density at radius 1 is 1.43 bits per heavy atom. The molecule has 0 unspecified atom stereocenters. The van der Waals surface area contributed by atoms with Crippen LogP contribution in [0.5, 0.6) is 5.75 Å². The molecule has 0 atom stereocenters. The number of ether oxygens (including phenoxy) is 1. The molecule has 0 aliphatic heterocycles. The molecule has 0 fully saturated rings. The SMILES string of the molecule is Cc1cc(NC(=O)COc2cc(Cl)ccc2C(=O)O)on1. The van der Waals surface area contributed by atoms with Gasteiger partial charge < -0.3 is 14.4 Å². The van der Waals surface area contributed by atoms with Gasteiger partial charge in [0.2, 0.25) is 5.88 Å². The van der Waals surface area contributed by atoms with Crippen molar-refractivity contribution in [2.24, 2.45) is 0 Å². The van der Waals surface area contributed by atoms with Gasteiger partial charge in [0.1, 0.15) is 11.3 Å². The van der Waals surface area contributed by atoms with E-state index in [1.807, 2.05) is 0 Å². The molecule has 110 valence electrons. The number of aromatic carboxylic acids is 1. The lowest BCUT2D eigenvalue weighted by molar-refractivity contribution is -0.118. The number of rotatable bonds is 5. The van der Waals surface area contributed by atoms with Gasteiger partial charge in [-0.1, -0.05) is 16.8 Å². The standard InChI is InChI=1S/C13H11ClN2O5/c1-7-4-12(21-16-7)15-11(17)6-20-10-5-8(14)2-3-9(10)13(18)19/h2-5H,6H2,1H3,(H,15,17)(H,18,19). The van der Waals surface area contributed by atoms with E-state index >= 15 is 0 Å². The van der Waals surface area contributed by atoms with E-state index in [2.05, 4.69) is 10.5 Å². The summed E-state index contributed by atoms with van der Waals surface area (Å²) in [5.41, 5.74) is 0.539. The van der Waals surface area contributed by atoms with Gasteiger partial charge in [-0.25, -0.2) is 4.79 Å². The van der Waals surface area contributed by atoms with Crippen LogP contribution in [0.4, 0.5) is 5.88 Å². The largest absolute Gasteiger partial charge is 0.483 e. The highest BCUT2D eigenvalue weighted by molar-refractivity contribution is 6.30. The molecule has 0 saturated heterocycles. The van der Waals surface area contributed by atoms with E-state index in [0.717, 1.165) is 0 Å². The van der Waals surface area contributed by atoms with Crippen molar-refractivity contribution in [1.82, 2.24) is 5.16 Å². The summed E-state index contributed by atoms with van der Waals surface area (Å²) in [6.07, 6.45) is 0. The van der Waals surface area contributed by atoms with Crippen molar-refractivity contribution in [3.05, 3.63) is 40.5 Å². The monoisotopic (exact) mass is 310 g/mol. The average molecular weight is 311 g/mol. The van der Waals surface area contributed by atoms with Gasteiger partial charge in [-0.2, -0.15) is 0 Å². The molecule has 0 radical (unpaired) electrons. The van der Waals surface area contributed by atoms with Crippen LogP contribution in [0.1, 0.15) is 16.1 Å². The van der Waals surface area contributed by atoms with Crippen LogP contribution in [0.25, 0.3) is 0 Å². The number of nitrogens with zero attached hydrogens (tertiary/aromatic N) is 1. The number of carboxylic acid groups (broad SMARTS) is 1. The summed E-state index contributed by atoms with van der Waals surface area (Å²) >= 11 is 5.77. The van der Waals surface area contributed by atoms with Gasteiger partial charge in [-0.05, 0) is 25.1 Å². The van der Waals surface area contributed by atoms with Gasteiger partial charge in [0, 0.05) is 11.1 Å². The van der Waals surface area contributed by atoms with Crippen molar-refractivity contribution in [2.75, 3.05) is 11.9 Å². The Morgan fingerprint density at radius 2 is 2.19 bits per heavy atom. The van der Waals surface area contributed by atoms with E-state index in [0.29, 0.717) is 10.7 Å². The smallest absolute Gasteiger partial charge is 0.339 e. The summed E-state index contributed by atoms with van der Waals surface area (Å²) < 4.78 is 10.00. The zero-order valence-corrected chi connectivity index (χ0v) is 11.7. The van der Waals surface area contributed by atoms with E-state index in [9.17, 15) is 9.59 Å². The van der Waals surface area contributed by atoms with E-state index in [4.69, 9.17) is 26.0 Å². The van der Waals surface area contributed by atoms with Gasteiger partial charge >= 0.3 is 5.97 Å². The Morgan fingerprint density at radius 3 is 2.81 bits per heavy atom. The van der Waals surface area contributed by atoms with Gasteiger partial charge in [-0.3, -0.25) is 10.1 Å². The number of aromatic nitrogens is 1. The average Bonchev–Trinajstić information content (AvgIpc) is 2.81. The molecule has 21 heavy (non-hydrogen) atoms. The van der Waals surface area contributed by atoms with Gasteiger partial charge in [0.25, 0.3) is 5.91 Å². The zero-order chi connectivity index (χ0) is 15.4. The van der Waals surface area contributed by atoms with E-state index < -0.39 is 11.9 Å². The van der Waals surface area contributed by atoms with E-state index in [-0.39, 0.29) is 23.8 Å². The third kappa shape index (κ3) is 3.96. The normalized spacial score (nSPS) is 10.2. The predicted octanol–water partition coefficient (Wildman–Crippen LogP) is 2.35. The zero-order valence-electron chi connectivity index (χ0n) is 10.9. The van der Waals surface area contributed by atoms with Crippen molar-refractivity contribution in [3.8, 4) is 5.75 Å². The quantitative estimate of drug-likeness (QED) is 0.879. The van der Waals surface area contributed by atoms with Crippen molar-refractivity contribution in [1.29, 1.82) is 0 Å². The Hall–Kier alpha value is -2.54. The minimum Gasteiger partial charge on any atom is -0.483 e. The maximum atomic E-state index is 11.7. The van der Waals surface area contributed by atoms with Crippen LogP contribution < -0.4 is 10.1 Å². The third-order valence-electron chi connectivity index (χ3n) is 2.42. The number of halogens is 1. The molecule has 2 aromatic rings. The van der Waals surface area contributed by atoms with Crippen LogP contribution in [0.3, 0.4) is 0 Å². The summed E-state index contributed by atoms with van der Waals surface area (Å²) in [6.45, 7) is 1.32. The molecule has 0 aliphatic rings. The Labute approximate surface area is 124 Å². The molecule has 0 bridgehead atoms. The number of carboxylic acids is 1. The molecule has 1 heterocycles. The van der Waals surface area contributed by atoms with Crippen LogP contribution in [0.2, 0.25) is 5.02 Å². The number of hydrogen-bond donors (Lipinski definition) is 2. The minimum atomic E-state index is -1.17. The number of carbonyl (C=O) groups excluding carboxylic acids is 1. The third-order valence-corrected chi connectivity index (χ3v) is 2.66. The van der Waals surface area contributed by atoms with Crippen molar-refractivity contribution in [2.45, 2.75) is 6.92 Å². The van der Waals surface area contributed by atoms with Crippen LogP contribution in [-0.2, 0) is 4.79 Å². The molecule has 0 aliphatic carbocycles. The highest BCUT2D eigenvalue weighted by Crippen LogP contribution is 2.23. The molecule has 0 saturated carbocycles. The van der Waals surface area contributed by atoms with E-state index in [1.165, 1.54) is 18.2 Å². The number of anilines is 1. The Bertz CT molecular complexity index is 683. The lowest BCUT2D eigenvalue weighted by atomic mass is 10.2. The van der Waals surface area contributed by atoms with Gasteiger partial charge in [-0.15, -0.1) is 0 Å². The van der Waals surface area contributed by atoms with Crippen LogP contribution in [0, 0.1) is 6.92 Å². The molecule has 1 aromatic carbocycles. The highest BCUT2D eigenvalue weighted by atomic mass is 35.5. The molecule has 1 aromatic heterocycles. The summed E-state index contributed by atoms with van der Waals surface area (Å²) in [4.78, 5) is 22.7. The summed E-state index contributed by atoms with van der Waals surface area (Å²) in [5.74, 6) is -1.49. The molecule has 2 N–H and O–H groups in total. The lowest BCUT2D eigenvalue weighted by Crippen LogP contribution is -2.20. The number of benzene rings is 1. The fourth-order valence-electron chi connectivity index (χ4n) is 1.53. The fourth-order valence-corrected chi connectivity index (χ4v) is 1.69.